The van der Waals surface area contributed by atoms with Gasteiger partial charge in [-0.2, -0.15) is 0 Å². The molecule has 0 radical (unpaired) electrons. The quantitative estimate of drug-likeness (QED) is 0.540. The van der Waals surface area contributed by atoms with Gasteiger partial charge < -0.3 is 24.4 Å². The zero-order valence-electron chi connectivity index (χ0n) is 20.1. The second-order valence-electron chi connectivity index (χ2n) is 8.66. The van der Waals surface area contributed by atoms with E-state index in [1.807, 2.05) is 39.8 Å². The van der Waals surface area contributed by atoms with Gasteiger partial charge in [0.15, 0.2) is 5.78 Å². The molecule has 1 atom stereocenters. The number of hydrogen-bond acceptors (Lipinski definition) is 6. The van der Waals surface area contributed by atoms with E-state index >= 15 is 0 Å². The predicted molar refractivity (Wildman–Crippen MR) is 128 cm³/mol. The molecule has 1 aliphatic rings. The molecule has 2 N–H and O–H groups in total. The van der Waals surface area contributed by atoms with E-state index in [1.54, 1.807) is 19.2 Å². The van der Waals surface area contributed by atoms with Gasteiger partial charge in [0.05, 0.1) is 20.1 Å². The highest BCUT2D eigenvalue weighted by atomic mass is 16.5. The molecule has 0 aromatic heterocycles. The Balaban J connectivity index is 2.11. The number of Topliss-reactive ketones (excluding diaryl/α,β-unsaturated/α-hetero) is 1. The molecule has 33 heavy (non-hydrogen) atoms. The lowest BCUT2D eigenvalue weighted by molar-refractivity contribution is 0.0889. The number of fused-ring (bicyclic) bond motifs is 1. The summed E-state index contributed by atoms with van der Waals surface area (Å²) in [4.78, 5) is 13.7. The van der Waals surface area contributed by atoms with Crippen LogP contribution in [-0.2, 0) is 12.8 Å². The van der Waals surface area contributed by atoms with E-state index in [-0.39, 0.29) is 23.9 Å². The van der Waals surface area contributed by atoms with Gasteiger partial charge in [0.1, 0.15) is 40.9 Å². The summed E-state index contributed by atoms with van der Waals surface area (Å²) in [5.41, 5.74) is 4.10. The molecule has 3 rings (SSSR count). The zero-order chi connectivity index (χ0) is 24.3. The molecule has 6 nitrogen and oxygen atoms in total. The molecule has 0 bridgehead atoms. The first-order valence-corrected chi connectivity index (χ1v) is 10.9. The molecule has 2 aromatic rings. The Morgan fingerprint density at radius 2 is 1.67 bits per heavy atom. The Labute approximate surface area is 195 Å². The fourth-order valence-corrected chi connectivity index (χ4v) is 3.99. The minimum Gasteiger partial charge on any atom is -0.508 e. The fourth-order valence-electron chi connectivity index (χ4n) is 3.99. The highest BCUT2D eigenvalue weighted by molar-refractivity contribution is 6.07. The summed E-state index contributed by atoms with van der Waals surface area (Å²) in [6.07, 6.45) is 4.86. The molecule has 0 saturated heterocycles. The summed E-state index contributed by atoms with van der Waals surface area (Å²) in [5, 5.41) is 21.2. The van der Waals surface area contributed by atoms with E-state index in [4.69, 9.17) is 14.2 Å². The van der Waals surface area contributed by atoms with Gasteiger partial charge in [0.2, 0.25) is 0 Å². The van der Waals surface area contributed by atoms with Crippen molar-refractivity contribution in [3.8, 4) is 28.7 Å². The van der Waals surface area contributed by atoms with E-state index in [2.05, 4.69) is 0 Å². The lowest BCUT2D eigenvalue weighted by Crippen LogP contribution is -2.27. The number of phenols is 2. The average molecular weight is 453 g/mol. The van der Waals surface area contributed by atoms with Crippen LogP contribution in [0.1, 0.15) is 60.7 Å². The van der Waals surface area contributed by atoms with Crippen LogP contribution in [0.15, 0.2) is 41.5 Å². The summed E-state index contributed by atoms with van der Waals surface area (Å²) in [7, 11) is 3.09. The maximum absolute atomic E-state index is 13.7. The van der Waals surface area contributed by atoms with Crippen molar-refractivity contribution >= 4 is 5.78 Å². The molecule has 1 heterocycles. The van der Waals surface area contributed by atoms with Gasteiger partial charge >= 0.3 is 0 Å². The number of aromatic hydroxyl groups is 2. The van der Waals surface area contributed by atoms with Crippen LogP contribution in [0.3, 0.4) is 0 Å². The van der Waals surface area contributed by atoms with Crippen molar-refractivity contribution in [3.63, 3.8) is 0 Å². The zero-order valence-corrected chi connectivity index (χ0v) is 20.1. The third-order valence-electron chi connectivity index (χ3n) is 5.79. The van der Waals surface area contributed by atoms with Gasteiger partial charge in [0.25, 0.3) is 0 Å². The lowest BCUT2D eigenvalue weighted by Gasteiger charge is -2.28. The van der Waals surface area contributed by atoms with E-state index in [1.165, 1.54) is 13.2 Å². The van der Waals surface area contributed by atoms with Crippen LogP contribution >= 0.6 is 0 Å². The minimum absolute atomic E-state index is 0.00958. The molecule has 0 spiro atoms. The number of phenolic OH excluding ortho intramolecular Hbond substituents is 2. The number of hydrogen-bond donors (Lipinski definition) is 2. The smallest absolute Gasteiger partial charge is 0.181 e. The Morgan fingerprint density at radius 3 is 2.24 bits per heavy atom. The number of rotatable bonds is 7. The van der Waals surface area contributed by atoms with Gasteiger partial charge in [-0.05, 0) is 46.6 Å². The molecule has 2 aromatic carbocycles. The SMILES string of the molecule is COc1cc2c(c(OC)c1CC=C(C)C)C(=O)[C@H](c1ccc(O)c(CC=C(C)C)c1O)CO2. The van der Waals surface area contributed by atoms with Crippen molar-refractivity contribution in [3.05, 3.63) is 63.8 Å². The maximum Gasteiger partial charge on any atom is 0.181 e. The third kappa shape index (κ3) is 4.85. The average Bonchev–Trinajstić information content (AvgIpc) is 2.77. The highest BCUT2D eigenvalue weighted by Crippen LogP contribution is 2.46. The third-order valence-corrected chi connectivity index (χ3v) is 5.79. The van der Waals surface area contributed by atoms with Crippen LogP contribution in [0.4, 0.5) is 0 Å². The van der Waals surface area contributed by atoms with Gasteiger partial charge in [-0.25, -0.2) is 0 Å². The van der Waals surface area contributed by atoms with E-state index in [0.29, 0.717) is 46.8 Å². The summed E-state index contributed by atoms with van der Waals surface area (Å²) in [5.74, 6) is 0.365. The van der Waals surface area contributed by atoms with Crippen LogP contribution in [-0.4, -0.2) is 36.8 Å². The van der Waals surface area contributed by atoms with Crippen molar-refractivity contribution < 1.29 is 29.2 Å². The van der Waals surface area contributed by atoms with E-state index < -0.39 is 5.92 Å². The monoisotopic (exact) mass is 452 g/mol. The van der Waals surface area contributed by atoms with Gasteiger partial charge in [-0.15, -0.1) is 0 Å². The van der Waals surface area contributed by atoms with Crippen molar-refractivity contribution in [2.75, 3.05) is 20.8 Å². The van der Waals surface area contributed by atoms with Crippen LogP contribution in [0, 0.1) is 0 Å². The first-order chi connectivity index (χ1) is 15.7. The first kappa shape index (κ1) is 24.2. The molecule has 6 heteroatoms. The lowest BCUT2D eigenvalue weighted by atomic mass is 9.85. The molecule has 1 aliphatic heterocycles. The Kier molecular flexibility index (Phi) is 7.36. The minimum atomic E-state index is -0.734. The van der Waals surface area contributed by atoms with Crippen molar-refractivity contribution in [1.29, 1.82) is 0 Å². The number of carbonyl (C=O) groups is 1. The number of methoxy groups -OCH3 is 2. The summed E-state index contributed by atoms with van der Waals surface area (Å²) in [6.45, 7) is 7.96. The van der Waals surface area contributed by atoms with Crippen molar-refractivity contribution in [2.24, 2.45) is 0 Å². The van der Waals surface area contributed by atoms with Crippen LogP contribution in [0.5, 0.6) is 28.7 Å². The molecular formula is C27H32O6. The molecule has 0 fully saturated rings. The largest absolute Gasteiger partial charge is 0.508 e. The second kappa shape index (κ2) is 10.0. The van der Waals surface area contributed by atoms with Crippen LogP contribution in [0.2, 0.25) is 0 Å². The van der Waals surface area contributed by atoms with E-state index in [0.717, 1.165) is 16.7 Å². The maximum atomic E-state index is 13.7. The Morgan fingerprint density at radius 1 is 1.03 bits per heavy atom. The topological polar surface area (TPSA) is 85.2 Å². The van der Waals surface area contributed by atoms with Gasteiger partial charge in [0, 0.05) is 22.8 Å². The summed E-state index contributed by atoms with van der Waals surface area (Å²) in [6, 6.07) is 4.81. The van der Waals surface area contributed by atoms with E-state index in [9.17, 15) is 15.0 Å². The predicted octanol–water partition coefficient (Wildman–Crippen LogP) is 5.49. The van der Waals surface area contributed by atoms with Crippen LogP contribution < -0.4 is 14.2 Å². The standard InChI is InChI=1S/C27H32O6/c1-15(2)7-9-18-21(28)12-11-17(25(18)29)20-14-33-23-13-22(31-5)19(10-8-16(3)4)27(32-6)24(23)26(20)30/h7-8,11-13,20,28-29H,9-10,14H2,1-6H3/t20-/m0/s1. The summed E-state index contributed by atoms with van der Waals surface area (Å²) < 4.78 is 17.2. The molecule has 0 saturated carbocycles. The Hall–Kier alpha value is -3.41. The molecule has 0 amide bonds. The van der Waals surface area contributed by atoms with Crippen molar-refractivity contribution in [1.82, 2.24) is 0 Å². The van der Waals surface area contributed by atoms with Gasteiger partial charge in [-0.1, -0.05) is 29.4 Å². The number of carbonyl (C=O) groups excluding carboxylic acids is 1. The second-order valence-corrected chi connectivity index (χ2v) is 8.66. The first-order valence-electron chi connectivity index (χ1n) is 10.9. The molecule has 176 valence electrons. The highest BCUT2D eigenvalue weighted by Gasteiger charge is 2.37. The number of ketones is 1. The number of ether oxygens (including phenoxy) is 3. The Bertz CT molecular complexity index is 1120. The fraction of sp³-hybridized carbons (Fsp3) is 0.370. The normalized spacial score (nSPS) is 14.7. The summed E-state index contributed by atoms with van der Waals surface area (Å²) >= 11 is 0. The number of benzene rings is 2. The number of allylic oxidation sites excluding steroid dienone is 4. The molecule has 0 aliphatic carbocycles. The van der Waals surface area contributed by atoms with Crippen LogP contribution in [0.25, 0.3) is 0 Å². The molecule has 0 unspecified atom stereocenters. The van der Waals surface area contributed by atoms with Crippen molar-refractivity contribution in [2.45, 2.75) is 46.5 Å². The molecular weight excluding hydrogens is 420 g/mol. The van der Waals surface area contributed by atoms with Gasteiger partial charge in [-0.3, -0.25) is 4.79 Å².